The highest BCUT2D eigenvalue weighted by Gasteiger charge is 2.07. The van der Waals surface area contributed by atoms with Gasteiger partial charge in [0.05, 0.1) is 0 Å². The van der Waals surface area contributed by atoms with Gasteiger partial charge in [-0.05, 0) is 52.4 Å². The predicted molar refractivity (Wildman–Crippen MR) is 89.0 cm³/mol. The molecule has 0 unspecified atom stereocenters. The van der Waals surface area contributed by atoms with Gasteiger partial charge in [0.25, 0.3) is 0 Å². The molecule has 0 aliphatic carbocycles. The third-order valence-corrected chi connectivity index (χ3v) is 3.68. The Kier molecular flexibility index (Phi) is 3.65. The quantitative estimate of drug-likeness (QED) is 0.644. The van der Waals surface area contributed by atoms with Crippen molar-refractivity contribution in [3.63, 3.8) is 0 Å². The number of aryl methyl sites for hydroxylation is 1. The van der Waals surface area contributed by atoms with Gasteiger partial charge in [-0.2, -0.15) is 0 Å². The lowest BCUT2D eigenvalue weighted by Crippen LogP contribution is -1.90. The first-order valence-corrected chi connectivity index (χ1v) is 7.01. The van der Waals surface area contributed by atoms with E-state index in [-0.39, 0.29) is 0 Å². The van der Waals surface area contributed by atoms with Gasteiger partial charge in [0.1, 0.15) is 0 Å². The van der Waals surface area contributed by atoms with E-state index in [4.69, 9.17) is 0 Å². The monoisotopic (exact) mass is 271 g/mol. The molecule has 0 radical (unpaired) electrons. The minimum absolute atomic E-state index is 1.00. The normalized spacial score (nSPS) is 10.3. The Labute approximate surface area is 125 Å². The average molecular weight is 271 g/mol. The molecule has 0 aliphatic heterocycles. The van der Waals surface area contributed by atoms with Crippen LogP contribution in [0.5, 0.6) is 0 Å². The molecule has 0 amide bonds. The zero-order valence-electron chi connectivity index (χ0n) is 12.1. The van der Waals surface area contributed by atoms with E-state index in [2.05, 4.69) is 61.0 Å². The first kappa shape index (κ1) is 13.3. The summed E-state index contributed by atoms with van der Waals surface area (Å²) in [7, 11) is 0. The van der Waals surface area contributed by atoms with Crippen molar-refractivity contribution in [2.24, 2.45) is 0 Å². The molecule has 102 valence electrons. The van der Waals surface area contributed by atoms with Crippen LogP contribution in [-0.2, 0) is 0 Å². The van der Waals surface area contributed by atoms with Crippen molar-refractivity contribution in [2.75, 3.05) is 0 Å². The molecule has 0 N–H and O–H groups in total. The van der Waals surface area contributed by atoms with Crippen molar-refractivity contribution in [3.05, 3.63) is 96.3 Å². The molecular weight excluding hydrogens is 254 g/mol. The number of aromatic nitrogens is 1. The Morgan fingerprint density at radius 2 is 1.71 bits per heavy atom. The summed E-state index contributed by atoms with van der Waals surface area (Å²) >= 11 is 0. The maximum Gasteiger partial charge on any atom is 0.0346 e. The van der Waals surface area contributed by atoms with Gasteiger partial charge in [0.15, 0.2) is 0 Å². The minimum atomic E-state index is 1.00. The maximum atomic E-state index is 4.22. The van der Waals surface area contributed by atoms with Gasteiger partial charge >= 0.3 is 0 Å². The van der Waals surface area contributed by atoms with E-state index in [1.54, 1.807) is 6.20 Å². The van der Waals surface area contributed by atoms with Crippen LogP contribution in [-0.4, -0.2) is 4.98 Å². The van der Waals surface area contributed by atoms with Crippen LogP contribution in [0.25, 0.3) is 16.7 Å². The van der Waals surface area contributed by atoms with Gasteiger partial charge in [-0.3, -0.25) is 4.98 Å². The molecule has 3 aromatic rings. The highest BCUT2D eigenvalue weighted by atomic mass is 14.6. The van der Waals surface area contributed by atoms with E-state index in [0.29, 0.717) is 0 Å². The Balaban J connectivity index is 2.04. The molecular formula is C20H17N. The molecule has 1 heteroatoms. The van der Waals surface area contributed by atoms with Gasteiger partial charge < -0.3 is 0 Å². The average Bonchev–Trinajstić information content (AvgIpc) is 2.56. The van der Waals surface area contributed by atoms with Gasteiger partial charge in [0.2, 0.25) is 0 Å². The topological polar surface area (TPSA) is 12.9 Å². The van der Waals surface area contributed by atoms with Gasteiger partial charge in [-0.15, -0.1) is 0 Å². The lowest BCUT2D eigenvalue weighted by atomic mass is 9.93. The molecule has 0 bridgehead atoms. The summed E-state index contributed by atoms with van der Waals surface area (Å²) in [5, 5.41) is 0. The molecule has 0 fully saturated rings. The van der Waals surface area contributed by atoms with Crippen molar-refractivity contribution < 1.29 is 0 Å². The first-order chi connectivity index (χ1) is 10.3. The van der Waals surface area contributed by atoms with Crippen molar-refractivity contribution in [3.8, 4) is 11.1 Å². The fraction of sp³-hybridized carbons (Fsp3) is 0.0500. The van der Waals surface area contributed by atoms with Gasteiger partial charge in [-0.25, -0.2) is 0 Å². The molecule has 0 spiro atoms. The number of nitrogens with zero attached hydrogens (tertiary/aromatic N) is 1. The summed E-state index contributed by atoms with van der Waals surface area (Å²) in [4.78, 5) is 4.17. The second kappa shape index (κ2) is 5.76. The van der Waals surface area contributed by atoms with Crippen molar-refractivity contribution in [1.82, 2.24) is 4.98 Å². The van der Waals surface area contributed by atoms with E-state index in [9.17, 15) is 0 Å². The molecule has 1 aromatic heterocycles. The lowest BCUT2D eigenvalue weighted by molar-refractivity contribution is 1.31. The highest BCUT2D eigenvalue weighted by Crippen LogP contribution is 2.29. The number of hydrogen-bond donors (Lipinski definition) is 0. The fourth-order valence-electron chi connectivity index (χ4n) is 2.45. The van der Waals surface area contributed by atoms with Crippen LogP contribution >= 0.6 is 0 Å². The number of benzene rings is 2. The lowest BCUT2D eigenvalue weighted by Gasteiger charge is -2.11. The zero-order valence-corrected chi connectivity index (χ0v) is 12.1. The van der Waals surface area contributed by atoms with Crippen LogP contribution in [0.2, 0.25) is 0 Å². The smallest absolute Gasteiger partial charge is 0.0346 e. The van der Waals surface area contributed by atoms with Crippen LogP contribution < -0.4 is 0 Å². The van der Waals surface area contributed by atoms with Crippen LogP contribution in [0.4, 0.5) is 0 Å². The summed E-state index contributed by atoms with van der Waals surface area (Å²) in [6.45, 7) is 6.36. The summed E-state index contributed by atoms with van der Waals surface area (Å²) in [6, 6.07) is 20.9. The van der Waals surface area contributed by atoms with Crippen molar-refractivity contribution >= 4 is 5.57 Å². The standard InChI is InChI=1S/C20H17N/c1-15-10-11-18(16(2)19-9-6-12-21-14-19)13-20(15)17-7-4-3-5-8-17/h3-14H,2H2,1H3. The van der Waals surface area contributed by atoms with E-state index in [1.807, 2.05) is 24.4 Å². The number of rotatable bonds is 3. The molecule has 2 aromatic carbocycles. The summed E-state index contributed by atoms with van der Waals surface area (Å²) in [5.74, 6) is 0. The van der Waals surface area contributed by atoms with Crippen molar-refractivity contribution in [2.45, 2.75) is 6.92 Å². The molecule has 1 heterocycles. The largest absolute Gasteiger partial charge is 0.264 e. The summed E-state index contributed by atoms with van der Waals surface area (Å²) < 4.78 is 0. The number of pyridine rings is 1. The minimum Gasteiger partial charge on any atom is -0.264 e. The Morgan fingerprint density at radius 1 is 0.905 bits per heavy atom. The third kappa shape index (κ3) is 2.77. The van der Waals surface area contributed by atoms with E-state index in [1.165, 1.54) is 16.7 Å². The SMILES string of the molecule is C=C(c1cccnc1)c1ccc(C)c(-c2ccccc2)c1. The predicted octanol–water partition coefficient (Wildman–Crippen LogP) is 5.12. The Morgan fingerprint density at radius 3 is 2.43 bits per heavy atom. The maximum absolute atomic E-state index is 4.22. The molecule has 0 saturated carbocycles. The van der Waals surface area contributed by atoms with E-state index >= 15 is 0 Å². The summed E-state index contributed by atoms with van der Waals surface area (Å²) in [5.41, 5.74) is 6.94. The third-order valence-electron chi connectivity index (χ3n) is 3.68. The second-order valence-corrected chi connectivity index (χ2v) is 5.12. The molecule has 21 heavy (non-hydrogen) atoms. The second-order valence-electron chi connectivity index (χ2n) is 5.12. The molecule has 1 nitrogen and oxygen atoms in total. The molecule has 0 aliphatic rings. The fourth-order valence-corrected chi connectivity index (χ4v) is 2.45. The Bertz CT molecular complexity index is 758. The number of hydrogen-bond acceptors (Lipinski definition) is 1. The summed E-state index contributed by atoms with van der Waals surface area (Å²) in [6.07, 6.45) is 3.63. The molecule has 3 rings (SSSR count). The van der Waals surface area contributed by atoms with Crippen LogP contribution in [0, 0.1) is 6.92 Å². The van der Waals surface area contributed by atoms with E-state index < -0.39 is 0 Å². The first-order valence-electron chi connectivity index (χ1n) is 7.01. The van der Waals surface area contributed by atoms with Gasteiger partial charge in [0, 0.05) is 12.4 Å². The Hall–Kier alpha value is -2.67. The highest BCUT2D eigenvalue weighted by molar-refractivity contribution is 5.81. The van der Waals surface area contributed by atoms with Gasteiger partial charge in [-0.1, -0.05) is 55.1 Å². The van der Waals surface area contributed by atoms with Crippen LogP contribution in [0.3, 0.4) is 0 Å². The van der Waals surface area contributed by atoms with Crippen LogP contribution in [0.15, 0.2) is 79.6 Å². The molecule has 0 saturated heterocycles. The molecule has 0 atom stereocenters. The van der Waals surface area contributed by atoms with E-state index in [0.717, 1.165) is 16.7 Å². The zero-order chi connectivity index (χ0) is 14.7. The van der Waals surface area contributed by atoms with Crippen molar-refractivity contribution in [1.29, 1.82) is 0 Å². The van der Waals surface area contributed by atoms with Crippen LogP contribution in [0.1, 0.15) is 16.7 Å².